The Morgan fingerprint density at radius 2 is 1.52 bits per heavy atom. The van der Waals surface area contributed by atoms with E-state index in [-0.39, 0.29) is 24.2 Å². The zero-order valence-electron chi connectivity index (χ0n) is 15.5. The lowest BCUT2D eigenvalue weighted by atomic mass is 9.66. The van der Waals surface area contributed by atoms with E-state index in [1.54, 1.807) is 0 Å². The van der Waals surface area contributed by atoms with Crippen molar-refractivity contribution in [3.8, 4) is 0 Å². The second-order valence-electron chi connectivity index (χ2n) is 7.19. The summed E-state index contributed by atoms with van der Waals surface area (Å²) < 4.78 is 5.46. The van der Waals surface area contributed by atoms with E-state index in [1.807, 2.05) is 36.4 Å². The van der Waals surface area contributed by atoms with Crippen LogP contribution in [0.2, 0.25) is 0 Å². The smallest absolute Gasteiger partial charge is 0.235 e. The van der Waals surface area contributed by atoms with Crippen LogP contribution in [0, 0.1) is 5.92 Å². The lowest BCUT2D eigenvalue weighted by molar-refractivity contribution is -0.123. The highest BCUT2D eigenvalue weighted by Gasteiger charge is 2.52. The van der Waals surface area contributed by atoms with Crippen molar-refractivity contribution in [1.29, 1.82) is 0 Å². The number of hydrogen-bond acceptors (Lipinski definition) is 3. The summed E-state index contributed by atoms with van der Waals surface area (Å²) in [6.45, 7) is 5.32. The molecule has 2 aliphatic rings. The van der Waals surface area contributed by atoms with Gasteiger partial charge in [0.15, 0.2) is 0 Å². The van der Waals surface area contributed by atoms with Crippen LogP contribution in [-0.4, -0.2) is 50.2 Å². The molecule has 0 radical (unpaired) electrons. The van der Waals surface area contributed by atoms with Gasteiger partial charge in [-0.3, -0.25) is 9.69 Å². The number of ether oxygens (including phenoxy) is 1. The maximum absolute atomic E-state index is 13.2. The van der Waals surface area contributed by atoms with Crippen LogP contribution in [0.4, 0.5) is 0 Å². The maximum atomic E-state index is 13.2. The summed E-state index contributed by atoms with van der Waals surface area (Å²) in [4.78, 5) is 15.7. The molecule has 0 bridgehead atoms. The average molecular weight is 387 g/mol. The summed E-state index contributed by atoms with van der Waals surface area (Å²) >= 11 is 0. The van der Waals surface area contributed by atoms with Gasteiger partial charge in [-0.1, -0.05) is 60.7 Å². The van der Waals surface area contributed by atoms with Gasteiger partial charge in [-0.25, -0.2) is 0 Å². The zero-order valence-corrected chi connectivity index (χ0v) is 16.3. The topological polar surface area (TPSA) is 41.6 Å². The third-order valence-electron chi connectivity index (χ3n) is 5.84. The van der Waals surface area contributed by atoms with Crippen LogP contribution in [0.25, 0.3) is 0 Å². The van der Waals surface area contributed by atoms with Gasteiger partial charge < -0.3 is 10.1 Å². The summed E-state index contributed by atoms with van der Waals surface area (Å²) in [7, 11) is 0. The van der Waals surface area contributed by atoms with Crippen molar-refractivity contribution < 1.29 is 9.53 Å². The van der Waals surface area contributed by atoms with E-state index in [2.05, 4.69) is 34.5 Å². The molecule has 1 atom stereocenters. The second kappa shape index (κ2) is 8.87. The molecule has 2 aromatic carbocycles. The Kier molecular flexibility index (Phi) is 6.53. The van der Waals surface area contributed by atoms with E-state index < -0.39 is 5.41 Å². The Morgan fingerprint density at radius 1 is 0.963 bits per heavy atom. The van der Waals surface area contributed by atoms with E-state index in [1.165, 1.54) is 0 Å². The number of amides is 1. The Bertz CT molecular complexity index is 693. The molecule has 2 heterocycles. The summed E-state index contributed by atoms with van der Waals surface area (Å²) in [5.41, 5.74) is 1.58. The van der Waals surface area contributed by atoms with Crippen molar-refractivity contribution in [2.75, 3.05) is 39.4 Å². The van der Waals surface area contributed by atoms with Crippen LogP contribution in [-0.2, 0) is 14.9 Å². The molecule has 0 saturated carbocycles. The molecule has 1 unspecified atom stereocenters. The zero-order chi connectivity index (χ0) is 17.8. The number of halogens is 1. The molecule has 4 nitrogen and oxygen atoms in total. The predicted octanol–water partition coefficient (Wildman–Crippen LogP) is 2.86. The van der Waals surface area contributed by atoms with Crippen LogP contribution in [0.1, 0.15) is 17.5 Å². The van der Waals surface area contributed by atoms with Gasteiger partial charge in [0.1, 0.15) is 5.41 Å². The quantitative estimate of drug-likeness (QED) is 0.859. The predicted molar refractivity (Wildman–Crippen MR) is 109 cm³/mol. The lowest BCUT2D eigenvalue weighted by Crippen LogP contribution is -2.43. The molecule has 4 rings (SSSR count). The summed E-state index contributed by atoms with van der Waals surface area (Å²) in [6.07, 6.45) is 0.989. The number of benzene rings is 2. The molecule has 2 saturated heterocycles. The third-order valence-corrected chi connectivity index (χ3v) is 5.84. The van der Waals surface area contributed by atoms with E-state index in [9.17, 15) is 4.79 Å². The fourth-order valence-electron chi connectivity index (χ4n) is 4.48. The molecule has 0 spiro atoms. The second-order valence-corrected chi connectivity index (χ2v) is 7.19. The number of hydrogen-bond donors (Lipinski definition) is 1. The third kappa shape index (κ3) is 3.75. The molecule has 1 N–H and O–H groups in total. The normalized spacial score (nSPS) is 22.1. The largest absolute Gasteiger partial charge is 0.379 e. The van der Waals surface area contributed by atoms with Gasteiger partial charge in [-0.05, 0) is 24.1 Å². The summed E-state index contributed by atoms with van der Waals surface area (Å²) in [5, 5.41) is 3.16. The molecule has 0 aliphatic carbocycles. The Morgan fingerprint density at radius 3 is 2.07 bits per heavy atom. The van der Waals surface area contributed by atoms with E-state index in [0.717, 1.165) is 56.9 Å². The fraction of sp³-hybridized carbons (Fsp3) is 0.409. The van der Waals surface area contributed by atoms with Crippen LogP contribution in [0.3, 0.4) is 0 Å². The van der Waals surface area contributed by atoms with Gasteiger partial charge in [0.05, 0.1) is 13.2 Å². The minimum Gasteiger partial charge on any atom is -0.379 e. The van der Waals surface area contributed by atoms with Crippen molar-refractivity contribution in [2.24, 2.45) is 5.92 Å². The number of nitrogens with one attached hydrogen (secondary N) is 1. The van der Waals surface area contributed by atoms with Gasteiger partial charge in [0, 0.05) is 25.6 Å². The highest BCUT2D eigenvalue weighted by Crippen LogP contribution is 2.44. The fourth-order valence-corrected chi connectivity index (χ4v) is 4.48. The maximum Gasteiger partial charge on any atom is 0.235 e. The molecule has 144 valence electrons. The highest BCUT2D eigenvalue weighted by atomic mass is 35.5. The molecule has 1 amide bonds. The minimum absolute atomic E-state index is 0. The van der Waals surface area contributed by atoms with E-state index in [4.69, 9.17) is 4.74 Å². The standard InChI is InChI=1S/C22H26N2O2.ClH/c25-21-22(18-7-3-1-4-8-18,19-9-5-2-6-10-19)20(17-23-21)11-12-24-13-15-26-16-14-24;/h1-10,20H,11-17H2,(H,23,25);1H. The van der Waals surface area contributed by atoms with Crippen LogP contribution in [0.5, 0.6) is 0 Å². The summed E-state index contributed by atoms with van der Waals surface area (Å²) in [5.74, 6) is 0.365. The minimum atomic E-state index is -0.602. The number of rotatable bonds is 5. The Hall–Kier alpha value is -1.88. The first-order valence-corrected chi connectivity index (χ1v) is 9.51. The highest BCUT2D eigenvalue weighted by molar-refractivity contribution is 5.94. The van der Waals surface area contributed by atoms with Crippen molar-refractivity contribution >= 4 is 18.3 Å². The van der Waals surface area contributed by atoms with Crippen molar-refractivity contribution in [1.82, 2.24) is 10.2 Å². The number of morpholine rings is 1. The Labute approximate surface area is 167 Å². The van der Waals surface area contributed by atoms with Gasteiger partial charge in [-0.15, -0.1) is 12.4 Å². The molecule has 2 aliphatic heterocycles. The molecule has 0 aromatic heterocycles. The number of nitrogens with zero attached hydrogens (tertiary/aromatic N) is 1. The molecule has 2 aromatic rings. The van der Waals surface area contributed by atoms with Crippen LogP contribution in [0.15, 0.2) is 60.7 Å². The molecule has 27 heavy (non-hydrogen) atoms. The molecular weight excluding hydrogens is 360 g/mol. The van der Waals surface area contributed by atoms with Gasteiger partial charge in [-0.2, -0.15) is 0 Å². The van der Waals surface area contributed by atoms with Gasteiger partial charge >= 0.3 is 0 Å². The number of carbonyl (C=O) groups excluding carboxylic acids is 1. The first-order chi connectivity index (χ1) is 12.8. The number of carbonyl (C=O) groups is 1. The first kappa shape index (κ1) is 19.9. The van der Waals surface area contributed by atoms with Gasteiger partial charge in [0.25, 0.3) is 0 Å². The monoisotopic (exact) mass is 386 g/mol. The van der Waals surface area contributed by atoms with Crippen LogP contribution < -0.4 is 5.32 Å². The molecule has 5 heteroatoms. The first-order valence-electron chi connectivity index (χ1n) is 9.51. The van der Waals surface area contributed by atoms with Crippen LogP contribution >= 0.6 is 12.4 Å². The lowest BCUT2D eigenvalue weighted by Gasteiger charge is -2.35. The SMILES string of the molecule is Cl.O=C1NCC(CCN2CCOCC2)C1(c1ccccc1)c1ccccc1. The summed E-state index contributed by atoms with van der Waals surface area (Å²) in [6, 6.07) is 20.5. The van der Waals surface area contributed by atoms with Crippen molar-refractivity contribution in [3.05, 3.63) is 71.8 Å². The van der Waals surface area contributed by atoms with E-state index >= 15 is 0 Å². The Balaban J connectivity index is 0.00000210. The molecule has 2 fully saturated rings. The molecular formula is C22H27ClN2O2. The van der Waals surface area contributed by atoms with Gasteiger partial charge in [0.2, 0.25) is 5.91 Å². The van der Waals surface area contributed by atoms with Crippen molar-refractivity contribution in [2.45, 2.75) is 11.8 Å². The van der Waals surface area contributed by atoms with Crippen molar-refractivity contribution in [3.63, 3.8) is 0 Å². The van der Waals surface area contributed by atoms with E-state index in [0.29, 0.717) is 0 Å². The average Bonchev–Trinajstić information content (AvgIpc) is 3.05.